The normalized spacial score (nSPS) is 10.3. The average Bonchev–Trinajstić information content (AvgIpc) is 3.04. The maximum absolute atomic E-state index is 12.5. The third kappa shape index (κ3) is 4.25. The lowest BCUT2D eigenvalue weighted by molar-refractivity contribution is -0.386. The van der Waals surface area contributed by atoms with Crippen LogP contribution in [0.4, 0.5) is 5.69 Å². The molecule has 26 heavy (non-hydrogen) atoms. The third-order valence-electron chi connectivity index (χ3n) is 3.52. The van der Waals surface area contributed by atoms with Crippen molar-refractivity contribution in [2.75, 3.05) is 27.9 Å². The second kappa shape index (κ2) is 8.86. The number of nitrogens with zero attached hydrogens (tertiary/aromatic N) is 1. The summed E-state index contributed by atoms with van der Waals surface area (Å²) in [6.45, 7) is 0.333. The van der Waals surface area contributed by atoms with Crippen LogP contribution >= 0.6 is 27.3 Å². The first-order valence-corrected chi connectivity index (χ1v) is 9.03. The molecule has 0 atom stereocenters. The number of halogens is 1. The molecule has 0 spiro atoms. The molecule has 0 unspecified atom stereocenters. The van der Waals surface area contributed by atoms with Crippen molar-refractivity contribution in [3.8, 4) is 17.2 Å². The van der Waals surface area contributed by atoms with E-state index in [2.05, 4.69) is 21.2 Å². The molecule has 0 bridgehead atoms. The van der Waals surface area contributed by atoms with Gasteiger partial charge in [0.25, 0.3) is 5.91 Å². The van der Waals surface area contributed by atoms with Crippen LogP contribution in [0.15, 0.2) is 22.0 Å². The number of nitro benzene ring substituents is 1. The molecule has 0 aliphatic heterocycles. The highest BCUT2D eigenvalue weighted by atomic mass is 79.9. The fourth-order valence-electron chi connectivity index (χ4n) is 2.38. The molecule has 1 heterocycles. The van der Waals surface area contributed by atoms with E-state index < -0.39 is 16.5 Å². The van der Waals surface area contributed by atoms with Crippen molar-refractivity contribution >= 4 is 38.9 Å². The van der Waals surface area contributed by atoms with Crippen molar-refractivity contribution in [2.45, 2.75) is 6.42 Å². The Hall–Kier alpha value is -2.33. The summed E-state index contributed by atoms with van der Waals surface area (Å²) >= 11 is 4.94. The number of amides is 1. The van der Waals surface area contributed by atoms with Crippen molar-refractivity contribution in [3.63, 3.8) is 0 Å². The van der Waals surface area contributed by atoms with Crippen LogP contribution in [0, 0.1) is 10.1 Å². The summed E-state index contributed by atoms with van der Waals surface area (Å²) in [6, 6.07) is 5.14. The minimum absolute atomic E-state index is 0.0571. The maximum Gasteiger partial charge on any atom is 0.327 e. The van der Waals surface area contributed by atoms with E-state index >= 15 is 0 Å². The number of nitrogens with one attached hydrogen (secondary N) is 1. The number of nitro groups is 1. The summed E-state index contributed by atoms with van der Waals surface area (Å²) in [4.78, 5) is 24.5. The average molecular weight is 445 g/mol. The van der Waals surface area contributed by atoms with E-state index in [1.165, 1.54) is 27.4 Å². The Kier molecular flexibility index (Phi) is 6.81. The van der Waals surface area contributed by atoms with E-state index in [4.69, 9.17) is 14.2 Å². The third-order valence-corrected chi connectivity index (χ3v) is 5.20. The lowest BCUT2D eigenvalue weighted by atomic mass is 10.1. The highest BCUT2D eigenvalue weighted by Crippen LogP contribution is 2.46. The number of rotatable bonds is 8. The molecular weight excluding hydrogens is 428 g/mol. The lowest BCUT2D eigenvalue weighted by Crippen LogP contribution is -2.26. The van der Waals surface area contributed by atoms with Gasteiger partial charge in [0.1, 0.15) is 5.56 Å². The molecular formula is C16H17BrN2O6S. The summed E-state index contributed by atoms with van der Waals surface area (Å²) in [7, 11) is 3.98. The van der Waals surface area contributed by atoms with Gasteiger partial charge < -0.3 is 19.5 Å². The van der Waals surface area contributed by atoms with Crippen molar-refractivity contribution in [1.82, 2.24) is 5.32 Å². The van der Waals surface area contributed by atoms with Gasteiger partial charge in [0.2, 0.25) is 11.5 Å². The molecule has 140 valence electrons. The van der Waals surface area contributed by atoms with E-state index in [9.17, 15) is 14.9 Å². The zero-order valence-electron chi connectivity index (χ0n) is 14.3. The Bertz CT molecular complexity index is 823. The summed E-state index contributed by atoms with van der Waals surface area (Å²) in [5.74, 6) is -0.528. The molecule has 1 aromatic carbocycles. The topological polar surface area (TPSA) is 99.9 Å². The van der Waals surface area contributed by atoms with Crippen LogP contribution in [0.25, 0.3) is 0 Å². The molecule has 1 aromatic heterocycles. The Morgan fingerprint density at radius 2 is 1.92 bits per heavy atom. The summed E-state index contributed by atoms with van der Waals surface area (Å²) in [5.41, 5.74) is -0.627. The number of carbonyl (C=O) groups excluding carboxylic acids is 1. The van der Waals surface area contributed by atoms with E-state index in [-0.39, 0.29) is 22.8 Å². The standard InChI is InChI=1S/C16H17BrN2O6S/c1-23-11-8-10(13(19(21)22)15(25-3)14(11)24-2)16(20)18-7-6-9-4-5-12(17)26-9/h4-5,8H,6-7H2,1-3H3,(H,18,20). The SMILES string of the molecule is COc1cc(C(=O)NCCc2ccc(Br)s2)c([N+](=O)[O-])c(OC)c1OC. The number of hydrogen-bond donors (Lipinski definition) is 1. The van der Waals surface area contributed by atoms with Crippen molar-refractivity contribution < 1.29 is 23.9 Å². The smallest absolute Gasteiger partial charge is 0.327 e. The second-order valence-electron chi connectivity index (χ2n) is 5.01. The molecule has 0 aliphatic rings. The highest BCUT2D eigenvalue weighted by Gasteiger charge is 2.32. The van der Waals surface area contributed by atoms with Crippen LogP contribution in [0.1, 0.15) is 15.2 Å². The van der Waals surface area contributed by atoms with Crippen LogP contribution in [0.5, 0.6) is 17.2 Å². The van der Waals surface area contributed by atoms with Gasteiger partial charge in [-0.15, -0.1) is 11.3 Å². The number of carbonyl (C=O) groups is 1. The van der Waals surface area contributed by atoms with Gasteiger partial charge in [-0.3, -0.25) is 14.9 Å². The number of thiophene rings is 1. The van der Waals surface area contributed by atoms with Gasteiger partial charge in [-0.25, -0.2) is 0 Å². The minimum atomic E-state index is -0.675. The van der Waals surface area contributed by atoms with E-state index in [1.807, 2.05) is 12.1 Å². The van der Waals surface area contributed by atoms with Gasteiger partial charge in [-0.2, -0.15) is 0 Å². The zero-order valence-corrected chi connectivity index (χ0v) is 16.7. The van der Waals surface area contributed by atoms with Crippen molar-refractivity contribution in [1.29, 1.82) is 0 Å². The number of methoxy groups -OCH3 is 3. The Morgan fingerprint density at radius 3 is 2.42 bits per heavy atom. The fraction of sp³-hybridized carbons (Fsp3) is 0.312. The van der Waals surface area contributed by atoms with E-state index in [0.717, 1.165) is 8.66 Å². The zero-order chi connectivity index (χ0) is 19.3. The molecule has 2 aromatic rings. The van der Waals surface area contributed by atoms with Crippen LogP contribution in [-0.2, 0) is 6.42 Å². The Morgan fingerprint density at radius 1 is 1.23 bits per heavy atom. The van der Waals surface area contributed by atoms with Gasteiger partial charge in [-0.1, -0.05) is 0 Å². The van der Waals surface area contributed by atoms with E-state index in [0.29, 0.717) is 13.0 Å². The summed E-state index contributed by atoms with van der Waals surface area (Å²) in [5, 5.41) is 14.2. The Balaban J connectivity index is 2.30. The predicted molar refractivity (Wildman–Crippen MR) is 101 cm³/mol. The molecule has 0 saturated heterocycles. The molecule has 1 N–H and O–H groups in total. The number of ether oxygens (including phenoxy) is 3. The van der Waals surface area contributed by atoms with Gasteiger partial charge >= 0.3 is 5.69 Å². The monoisotopic (exact) mass is 444 g/mol. The molecule has 2 rings (SSSR count). The first kappa shape index (κ1) is 20.0. The van der Waals surface area contributed by atoms with Crippen LogP contribution in [-0.4, -0.2) is 38.7 Å². The molecule has 8 nitrogen and oxygen atoms in total. The second-order valence-corrected chi connectivity index (χ2v) is 7.56. The maximum atomic E-state index is 12.5. The number of benzene rings is 1. The van der Waals surface area contributed by atoms with Crippen LogP contribution < -0.4 is 19.5 Å². The quantitative estimate of drug-likeness (QED) is 0.494. The van der Waals surface area contributed by atoms with Crippen LogP contribution in [0.2, 0.25) is 0 Å². The first-order valence-electron chi connectivity index (χ1n) is 7.42. The van der Waals surface area contributed by atoms with Gasteiger partial charge in [0, 0.05) is 17.5 Å². The highest BCUT2D eigenvalue weighted by molar-refractivity contribution is 9.11. The summed E-state index contributed by atoms with van der Waals surface area (Å²) < 4.78 is 16.4. The van der Waals surface area contributed by atoms with Gasteiger partial charge in [-0.05, 0) is 34.5 Å². The van der Waals surface area contributed by atoms with Crippen molar-refractivity contribution in [3.05, 3.63) is 42.5 Å². The van der Waals surface area contributed by atoms with Gasteiger partial charge in [0.15, 0.2) is 5.75 Å². The number of hydrogen-bond acceptors (Lipinski definition) is 7. The first-order chi connectivity index (χ1) is 12.4. The minimum Gasteiger partial charge on any atom is -0.493 e. The molecule has 0 aliphatic carbocycles. The van der Waals surface area contributed by atoms with Crippen LogP contribution in [0.3, 0.4) is 0 Å². The molecule has 1 amide bonds. The lowest BCUT2D eigenvalue weighted by Gasteiger charge is -2.14. The fourth-order valence-corrected chi connectivity index (χ4v) is 3.86. The van der Waals surface area contributed by atoms with Gasteiger partial charge in [0.05, 0.1) is 30.0 Å². The molecule has 0 radical (unpaired) electrons. The molecule has 0 fully saturated rings. The van der Waals surface area contributed by atoms with E-state index in [1.54, 1.807) is 11.3 Å². The molecule has 10 heteroatoms. The predicted octanol–water partition coefficient (Wildman–Crippen LogP) is 3.42. The summed E-state index contributed by atoms with van der Waals surface area (Å²) in [6.07, 6.45) is 0.611. The largest absolute Gasteiger partial charge is 0.493 e. The Labute approximate surface area is 162 Å². The molecule has 0 saturated carbocycles. The van der Waals surface area contributed by atoms with Crippen molar-refractivity contribution in [2.24, 2.45) is 0 Å².